The number of hydrogen-bond acceptors (Lipinski definition) is 3. The second kappa shape index (κ2) is 6.87. The van der Waals surface area contributed by atoms with Crippen molar-refractivity contribution in [1.29, 1.82) is 0 Å². The SMILES string of the molecule is CCCN(CC)C(=O)N1C(CC)SCC1C(=O)O. The minimum absolute atomic E-state index is 0.00972. The van der Waals surface area contributed by atoms with Crippen LogP contribution in [0.2, 0.25) is 0 Å². The Morgan fingerprint density at radius 3 is 2.50 bits per heavy atom. The van der Waals surface area contributed by atoms with Crippen LogP contribution < -0.4 is 0 Å². The largest absolute Gasteiger partial charge is 0.480 e. The van der Waals surface area contributed by atoms with Gasteiger partial charge in [0, 0.05) is 18.8 Å². The smallest absolute Gasteiger partial charge is 0.327 e. The zero-order valence-electron chi connectivity index (χ0n) is 11.3. The van der Waals surface area contributed by atoms with Crippen molar-refractivity contribution < 1.29 is 14.7 Å². The van der Waals surface area contributed by atoms with Gasteiger partial charge in [-0.2, -0.15) is 0 Å². The zero-order chi connectivity index (χ0) is 13.7. The van der Waals surface area contributed by atoms with Gasteiger partial charge in [0.1, 0.15) is 6.04 Å². The molecule has 2 unspecified atom stereocenters. The van der Waals surface area contributed by atoms with Gasteiger partial charge in [0.2, 0.25) is 0 Å². The van der Waals surface area contributed by atoms with Crippen molar-refractivity contribution in [3.05, 3.63) is 0 Å². The molecule has 0 saturated carbocycles. The first-order valence-electron chi connectivity index (χ1n) is 6.48. The van der Waals surface area contributed by atoms with Gasteiger partial charge in [0.15, 0.2) is 0 Å². The van der Waals surface area contributed by atoms with E-state index < -0.39 is 12.0 Å². The summed E-state index contributed by atoms with van der Waals surface area (Å²) in [6.07, 6.45) is 1.67. The molecular weight excluding hydrogens is 252 g/mol. The molecule has 1 saturated heterocycles. The third-order valence-corrected chi connectivity index (χ3v) is 4.55. The fourth-order valence-electron chi connectivity index (χ4n) is 2.15. The van der Waals surface area contributed by atoms with Gasteiger partial charge < -0.3 is 10.0 Å². The summed E-state index contributed by atoms with van der Waals surface area (Å²) in [5, 5.41) is 9.19. The molecule has 1 aliphatic heterocycles. The van der Waals surface area contributed by atoms with Gasteiger partial charge in [-0.3, -0.25) is 4.90 Å². The highest BCUT2D eigenvalue weighted by molar-refractivity contribution is 8.00. The molecule has 1 N–H and O–H groups in total. The fourth-order valence-corrected chi connectivity index (χ4v) is 3.49. The quantitative estimate of drug-likeness (QED) is 0.834. The molecule has 0 aromatic heterocycles. The summed E-state index contributed by atoms with van der Waals surface area (Å²) < 4.78 is 0. The van der Waals surface area contributed by atoms with Gasteiger partial charge in [0.05, 0.1) is 5.37 Å². The lowest BCUT2D eigenvalue weighted by Gasteiger charge is -2.32. The molecule has 0 aliphatic carbocycles. The lowest BCUT2D eigenvalue weighted by Crippen LogP contribution is -2.51. The van der Waals surface area contributed by atoms with Gasteiger partial charge in [-0.05, 0) is 19.8 Å². The van der Waals surface area contributed by atoms with Crippen molar-refractivity contribution >= 4 is 23.8 Å². The molecule has 1 heterocycles. The van der Waals surface area contributed by atoms with E-state index in [1.54, 1.807) is 21.6 Å². The molecule has 0 spiro atoms. The minimum atomic E-state index is -0.903. The third kappa shape index (κ3) is 3.10. The Balaban J connectivity index is 2.86. The zero-order valence-corrected chi connectivity index (χ0v) is 12.1. The number of nitrogens with zero attached hydrogens (tertiary/aromatic N) is 2. The summed E-state index contributed by atoms with van der Waals surface area (Å²) in [5.41, 5.74) is 0. The maximum absolute atomic E-state index is 12.4. The molecule has 1 rings (SSSR count). The maximum Gasteiger partial charge on any atom is 0.327 e. The molecule has 6 heteroatoms. The molecule has 0 aromatic rings. The first-order valence-corrected chi connectivity index (χ1v) is 7.53. The van der Waals surface area contributed by atoms with Crippen molar-refractivity contribution in [1.82, 2.24) is 9.80 Å². The van der Waals surface area contributed by atoms with Crippen molar-refractivity contribution in [2.24, 2.45) is 0 Å². The van der Waals surface area contributed by atoms with Crippen LogP contribution in [0.5, 0.6) is 0 Å². The van der Waals surface area contributed by atoms with Crippen LogP contribution in [0.4, 0.5) is 4.79 Å². The normalized spacial score (nSPS) is 23.2. The number of carboxylic acids is 1. The number of carbonyl (C=O) groups is 2. The predicted octanol–water partition coefficient (Wildman–Crippen LogP) is 2.08. The Bertz CT molecular complexity index is 312. The van der Waals surface area contributed by atoms with Crippen LogP contribution in [-0.4, -0.2) is 57.2 Å². The molecule has 1 aliphatic rings. The van der Waals surface area contributed by atoms with Gasteiger partial charge in [-0.1, -0.05) is 13.8 Å². The van der Waals surface area contributed by atoms with Crippen molar-refractivity contribution in [3.8, 4) is 0 Å². The van der Waals surface area contributed by atoms with Crippen LogP contribution in [0.1, 0.15) is 33.6 Å². The van der Waals surface area contributed by atoms with E-state index in [4.69, 9.17) is 0 Å². The average molecular weight is 274 g/mol. The number of hydrogen-bond donors (Lipinski definition) is 1. The molecule has 0 aromatic carbocycles. The second-order valence-corrected chi connectivity index (χ2v) is 5.53. The number of rotatable bonds is 5. The monoisotopic (exact) mass is 274 g/mol. The minimum Gasteiger partial charge on any atom is -0.480 e. The van der Waals surface area contributed by atoms with E-state index in [0.717, 1.165) is 12.8 Å². The van der Waals surface area contributed by atoms with Crippen LogP contribution in [0.15, 0.2) is 0 Å². The van der Waals surface area contributed by atoms with Crippen molar-refractivity contribution in [2.75, 3.05) is 18.8 Å². The molecule has 2 amide bonds. The maximum atomic E-state index is 12.4. The molecule has 104 valence electrons. The third-order valence-electron chi connectivity index (χ3n) is 3.09. The lowest BCUT2D eigenvalue weighted by molar-refractivity contribution is -0.141. The summed E-state index contributed by atoms with van der Waals surface area (Å²) in [6.45, 7) is 7.22. The van der Waals surface area contributed by atoms with E-state index in [0.29, 0.717) is 18.8 Å². The Hall–Kier alpha value is -0.910. The van der Waals surface area contributed by atoms with Crippen LogP contribution in [0.3, 0.4) is 0 Å². The number of amides is 2. The Labute approximate surface area is 113 Å². The summed E-state index contributed by atoms with van der Waals surface area (Å²) in [5.74, 6) is -0.414. The molecule has 1 fully saturated rings. The topological polar surface area (TPSA) is 60.9 Å². The van der Waals surface area contributed by atoms with E-state index in [1.807, 2.05) is 20.8 Å². The van der Waals surface area contributed by atoms with Crippen LogP contribution >= 0.6 is 11.8 Å². The van der Waals surface area contributed by atoms with Gasteiger partial charge in [0.25, 0.3) is 0 Å². The van der Waals surface area contributed by atoms with E-state index in [2.05, 4.69) is 0 Å². The van der Waals surface area contributed by atoms with E-state index in [-0.39, 0.29) is 11.4 Å². The fraction of sp³-hybridized carbons (Fsp3) is 0.833. The first-order chi connectivity index (χ1) is 8.56. The molecule has 5 nitrogen and oxygen atoms in total. The van der Waals surface area contributed by atoms with E-state index in [1.165, 1.54) is 0 Å². The Morgan fingerprint density at radius 1 is 1.39 bits per heavy atom. The van der Waals surface area contributed by atoms with Crippen LogP contribution in [0.25, 0.3) is 0 Å². The lowest BCUT2D eigenvalue weighted by atomic mass is 10.2. The highest BCUT2D eigenvalue weighted by Crippen LogP contribution is 2.32. The van der Waals surface area contributed by atoms with Crippen molar-refractivity contribution in [2.45, 2.75) is 45.0 Å². The summed E-state index contributed by atoms with van der Waals surface area (Å²) in [6, 6.07) is -0.818. The van der Waals surface area contributed by atoms with Crippen LogP contribution in [-0.2, 0) is 4.79 Å². The summed E-state index contributed by atoms with van der Waals surface area (Å²) in [7, 11) is 0. The predicted molar refractivity (Wildman–Crippen MR) is 72.7 cm³/mol. The standard InChI is InChI=1S/C12H22N2O3S/c1-4-7-13(6-3)12(17)14-9(11(15)16)8-18-10(14)5-2/h9-10H,4-8H2,1-3H3,(H,15,16). The number of aliphatic carboxylic acids is 1. The molecule has 0 bridgehead atoms. The summed E-state index contributed by atoms with van der Waals surface area (Å²) in [4.78, 5) is 26.9. The second-order valence-electron chi connectivity index (χ2n) is 4.32. The van der Waals surface area contributed by atoms with Gasteiger partial charge >= 0.3 is 12.0 Å². The van der Waals surface area contributed by atoms with Crippen LogP contribution in [0, 0.1) is 0 Å². The number of urea groups is 1. The van der Waals surface area contributed by atoms with Gasteiger partial charge in [-0.15, -0.1) is 11.8 Å². The highest BCUT2D eigenvalue weighted by Gasteiger charge is 2.42. The van der Waals surface area contributed by atoms with Gasteiger partial charge in [-0.25, -0.2) is 9.59 Å². The molecule has 18 heavy (non-hydrogen) atoms. The van der Waals surface area contributed by atoms with Crippen molar-refractivity contribution in [3.63, 3.8) is 0 Å². The molecule has 2 atom stereocenters. The number of carboxylic acid groups (broad SMARTS) is 1. The number of thioether (sulfide) groups is 1. The van der Waals surface area contributed by atoms with E-state index in [9.17, 15) is 14.7 Å². The molecule has 0 radical (unpaired) electrons. The molecular formula is C12H22N2O3S. The first kappa shape index (κ1) is 15.1. The Kier molecular flexibility index (Phi) is 5.78. The highest BCUT2D eigenvalue weighted by atomic mass is 32.2. The Morgan fingerprint density at radius 2 is 2.06 bits per heavy atom. The van der Waals surface area contributed by atoms with E-state index >= 15 is 0 Å². The number of carbonyl (C=O) groups excluding carboxylic acids is 1. The average Bonchev–Trinajstić information content (AvgIpc) is 2.78. The summed E-state index contributed by atoms with van der Waals surface area (Å²) >= 11 is 1.56.